The van der Waals surface area contributed by atoms with Crippen molar-refractivity contribution in [1.29, 1.82) is 0 Å². The Morgan fingerprint density at radius 2 is 2.27 bits per heavy atom. The molecule has 15 heavy (non-hydrogen) atoms. The summed E-state index contributed by atoms with van der Waals surface area (Å²) < 4.78 is 0. The molecule has 2 atom stereocenters. The second-order valence-corrected chi connectivity index (χ2v) is 5.84. The average Bonchev–Trinajstić information content (AvgIpc) is 2.30. The third kappa shape index (κ3) is 4.33. The van der Waals surface area contributed by atoms with Gasteiger partial charge >= 0.3 is 0 Å². The largest absolute Gasteiger partial charge is 0.329 e. The van der Waals surface area contributed by atoms with Crippen LogP contribution in [0.1, 0.15) is 39.5 Å². The zero-order chi connectivity index (χ0) is 11.1. The number of thioether (sulfide) groups is 1. The van der Waals surface area contributed by atoms with Crippen LogP contribution in [0.5, 0.6) is 0 Å². The lowest BCUT2D eigenvalue weighted by Crippen LogP contribution is -2.47. The van der Waals surface area contributed by atoms with Gasteiger partial charge in [-0.1, -0.05) is 26.7 Å². The molecule has 1 fully saturated rings. The fourth-order valence-electron chi connectivity index (χ4n) is 2.21. The van der Waals surface area contributed by atoms with Gasteiger partial charge in [-0.25, -0.2) is 0 Å². The highest BCUT2D eigenvalue weighted by molar-refractivity contribution is 8.00. The summed E-state index contributed by atoms with van der Waals surface area (Å²) in [6.45, 7) is 7.89. The van der Waals surface area contributed by atoms with Crippen LogP contribution in [0, 0.1) is 0 Å². The summed E-state index contributed by atoms with van der Waals surface area (Å²) in [6.07, 6.45) is 5.19. The lowest BCUT2D eigenvalue weighted by atomic mass is 10.1. The van der Waals surface area contributed by atoms with Crippen molar-refractivity contribution >= 4 is 11.8 Å². The smallest absolute Gasteiger partial charge is 0.0219 e. The lowest BCUT2D eigenvalue weighted by molar-refractivity contribution is 0.193. The minimum atomic E-state index is 0.639. The van der Waals surface area contributed by atoms with Crippen molar-refractivity contribution in [3.8, 4) is 0 Å². The molecular formula is C12H26N2S. The second-order valence-electron chi connectivity index (χ2n) is 4.43. The molecule has 0 amide bonds. The van der Waals surface area contributed by atoms with Crippen LogP contribution in [-0.4, -0.2) is 41.6 Å². The first-order chi connectivity index (χ1) is 7.31. The van der Waals surface area contributed by atoms with Gasteiger partial charge in [-0.3, -0.25) is 4.90 Å². The van der Waals surface area contributed by atoms with E-state index in [0.29, 0.717) is 6.04 Å². The summed E-state index contributed by atoms with van der Waals surface area (Å²) in [7, 11) is 0. The average molecular weight is 230 g/mol. The number of nitrogens with two attached hydrogens (primary N) is 1. The van der Waals surface area contributed by atoms with E-state index in [-0.39, 0.29) is 0 Å². The van der Waals surface area contributed by atoms with E-state index in [1.165, 1.54) is 44.5 Å². The molecule has 1 aliphatic heterocycles. The van der Waals surface area contributed by atoms with Gasteiger partial charge in [0.15, 0.2) is 0 Å². The van der Waals surface area contributed by atoms with E-state index in [2.05, 4.69) is 30.5 Å². The van der Waals surface area contributed by atoms with Crippen LogP contribution < -0.4 is 5.73 Å². The van der Waals surface area contributed by atoms with E-state index in [9.17, 15) is 0 Å². The zero-order valence-corrected chi connectivity index (χ0v) is 11.1. The van der Waals surface area contributed by atoms with Crippen LogP contribution in [0.4, 0.5) is 0 Å². The first-order valence-electron chi connectivity index (χ1n) is 6.37. The monoisotopic (exact) mass is 230 g/mol. The maximum absolute atomic E-state index is 5.88. The predicted molar refractivity (Wildman–Crippen MR) is 70.5 cm³/mol. The number of unbranched alkanes of at least 4 members (excludes halogenated alkanes) is 1. The fourth-order valence-corrected chi connectivity index (χ4v) is 3.42. The molecule has 0 bridgehead atoms. The molecule has 1 saturated heterocycles. The molecule has 2 unspecified atom stereocenters. The Labute approximate surface area is 99.0 Å². The van der Waals surface area contributed by atoms with Crippen molar-refractivity contribution < 1.29 is 0 Å². The highest BCUT2D eigenvalue weighted by Crippen LogP contribution is 2.23. The molecule has 1 aliphatic rings. The Morgan fingerprint density at radius 3 is 2.87 bits per heavy atom. The summed E-state index contributed by atoms with van der Waals surface area (Å²) in [5, 5.41) is 0.842. The molecule has 90 valence electrons. The highest BCUT2D eigenvalue weighted by atomic mass is 32.2. The van der Waals surface area contributed by atoms with Crippen molar-refractivity contribution in [2.45, 2.75) is 50.8 Å². The molecule has 0 radical (unpaired) electrons. The third-order valence-corrected chi connectivity index (χ3v) is 4.68. The van der Waals surface area contributed by atoms with Gasteiger partial charge in [0, 0.05) is 36.7 Å². The van der Waals surface area contributed by atoms with Gasteiger partial charge in [0.05, 0.1) is 0 Å². The van der Waals surface area contributed by atoms with Gasteiger partial charge in [0.2, 0.25) is 0 Å². The molecule has 0 spiro atoms. The highest BCUT2D eigenvalue weighted by Gasteiger charge is 2.23. The minimum absolute atomic E-state index is 0.639. The number of rotatable bonds is 6. The summed E-state index contributed by atoms with van der Waals surface area (Å²) in [6, 6.07) is 0.639. The Morgan fingerprint density at radius 1 is 1.47 bits per heavy atom. The molecule has 0 aromatic rings. The van der Waals surface area contributed by atoms with Gasteiger partial charge in [-0.2, -0.15) is 11.8 Å². The summed E-state index contributed by atoms with van der Waals surface area (Å²) in [5.41, 5.74) is 5.88. The Bertz CT molecular complexity index is 164. The van der Waals surface area contributed by atoms with Crippen LogP contribution in [-0.2, 0) is 0 Å². The molecule has 0 saturated carbocycles. The molecule has 1 rings (SSSR count). The molecule has 0 aliphatic carbocycles. The fraction of sp³-hybridized carbons (Fsp3) is 1.00. The van der Waals surface area contributed by atoms with Crippen LogP contribution in [0.25, 0.3) is 0 Å². The van der Waals surface area contributed by atoms with Gasteiger partial charge in [0.1, 0.15) is 0 Å². The van der Waals surface area contributed by atoms with Gasteiger partial charge in [0.25, 0.3) is 0 Å². The first-order valence-corrected chi connectivity index (χ1v) is 7.42. The third-order valence-electron chi connectivity index (χ3n) is 3.30. The van der Waals surface area contributed by atoms with Crippen molar-refractivity contribution in [1.82, 2.24) is 4.90 Å². The first kappa shape index (κ1) is 13.3. The Balaban J connectivity index is 2.37. The van der Waals surface area contributed by atoms with E-state index in [0.717, 1.165) is 11.8 Å². The molecular weight excluding hydrogens is 204 g/mol. The maximum atomic E-state index is 5.88. The van der Waals surface area contributed by atoms with E-state index in [1.807, 2.05) is 0 Å². The van der Waals surface area contributed by atoms with Crippen molar-refractivity contribution in [2.75, 3.05) is 25.4 Å². The minimum Gasteiger partial charge on any atom is -0.329 e. The van der Waals surface area contributed by atoms with Crippen molar-refractivity contribution in [3.63, 3.8) is 0 Å². The molecule has 0 aromatic carbocycles. The SMILES string of the molecule is CCCCC(CN)N1CCSC(CC)C1. The van der Waals surface area contributed by atoms with E-state index in [4.69, 9.17) is 5.73 Å². The lowest BCUT2D eigenvalue weighted by Gasteiger charge is -2.37. The van der Waals surface area contributed by atoms with Crippen molar-refractivity contribution in [3.05, 3.63) is 0 Å². The van der Waals surface area contributed by atoms with Crippen molar-refractivity contribution in [2.24, 2.45) is 5.73 Å². The van der Waals surface area contributed by atoms with Crippen LogP contribution in [0.3, 0.4) is 0 Å². The summed E-state index contributed by atoms with van der Waals surface area (Å²) in [4.78, 5) is 2.63. The van der Waals surface area contributed by atoms with Gasteiger partial charge < -0.3 is 5.73 Å². The maximum Gasteiger partial charge on any atom is 0.0219 e. The second kappa shape index (κ2) is 7.53. The van der Waals surface area contributed by atoms with E-state index in [1.54, 1.807) is 0 Å². The quantitative estimate of drug-likeness (QED) is 0.759. The molecule has 3 heteroatoms. The molecule has 2 N–H and O–H groups in total. The topological polar surface area (TPSA) is 29.3 Å². The summed E-state index contributed by atoms with van der Waals surface area (Å²) in [5.74, 6) is 1.29. The van der Waals surface area contributed by atoms with Crippen LogP contribution in [0.2, 0.25) is 0 Å². The van der Waals surface area contributed by atoms with E-state index < -0.39 is 0 Å². The normalized spacial score (nSPS) is 25.4. The summed E-state index contributed by atoms with van der Waals surface area (Å²) >= 11 is 2.14. The van der Waals surface area contributed by atoms with Crippen LogP contribution in [0.15, 0.2) is 0 Å². The van der Waals surface area contributed by atoms with E-state index >= 15 is 0 Å². The molecule has 1 heterocycles. The Hall–Kier alpha value is 0.270. The molecule has 0 aromatic heterocycles. The number of hydrogen-bond acceptors (Lipinski definition) is 3. The van der Waals surface area contributed by atoms with Crippen LogP contribution >= 0.6 is 11.8 Å². The standard InChI is InChI=1S/C12H26N2S/c1-3-5-6-11(9-13)14-7-8-15-12(4-2)10-14/h11-12H,3-10,13H2,1-2H3. The zero-order valence-electron chi connectivity index (χ0n) is 10.2. The predicted octanol–water partition coefficient (Wildman–Crippen LogP) is 2.33. The molecule has 2 nitrogen and oxygen atoms in total. The number of nitrogens with zero attached hydrogens (tertiary/aromatic N) is 1. The number of hydrogen-bond donors (Lipinski definition) is 1. The van der Waals surface area contributed by atoms with Gasteiger partial charge in [-0.05, 0) is 12.8 Å². The van der Waals surface area contributed by atoms with Gasteiger partial charge in [-0.15, -0.1) is 0 Å². The Kier molecular flexibility index (Phi) is 6.69.